The third-order valence-electron chi connectivity index (χ3n) is 3.32. The van der Waals surface area contributed by atoms with Gasteiger partial charge >= 0.3 is 0 Å². The second kappa shape index (κ2) is 5.27. The highest BCUT2D eigenvalue weighted by atomic mass is 16.5. The molecule has 0 amide bonds. The van der Waals surface area contributed by atoms with E-state index in [9.17, 15) is 5.11 Å². The van der Waals surface area contributed by atoms with Gasteiger partial charge in [-0.05, 0) is 36.4 Å². The van der Waals surface area contributed by atoms with Crippen LogP contribution in [0, 0.1) is 11.3 Å². The van der Waals surface area contributed by atoms with E-state index < -0.39 is 0 Å². The summed E-state index contributed by atoms with van der Waals surface area (Å²) in [6.45, 7) is -0.124. The molecule has 0 radical (unpaired) electrons. The van der Waals surface area contributed by atoms with Crippen molar-refractivity contribution in [2.45, 2.75) is 6.61 Å². The fourth-order valence-electron chi connectivity index (χ4n) is 2.19. The third-order valence-corrected chi connectivity index (χ3v) is 3.32. The lowest BCUT2D eigenvalue weighted by atomic mass is 10.2. The number of para-hydroxylation sites is 1. The van der Waals surface area contributed by atoms with Gasteiger partial charge in [0.1, 0.15) is 23.7 Å². The zero-order chi connectivity index (χ0) is 14.8. The maximum absolute atomic E-state index is 9.30. The van der Waals surface area contributed by atoms with E-state index in [4.69, 9.17) is 10.00 Å². The molecule has 0 aliphatic heterocycles. The summed E-state index contributed by atoms with van der Waals surface area (Å²) in [5.41, 5.74) is 2.18. The van der Waals surface area contributed by atoms with Crippen LogP contribution in [0.15, 0.2) is 42.5 Å². The van der Waals surface area contributed by atoms with Gasteiger partial charge in [0.2, 0.25) is 0 Å². The number of fused-ring (bicyclic) bond motifs is 1. The van der Waals surface area contributed by atoms with Crippen LogP contribution in [-0.2, 0) is 13.7 Å². The predicted molar refractivity (Wildman–Crippen MR) is 77.9 cm³/mol. The molecule has 1 N–H and O–H groups in total. The molecule has 0 aliphatic carbocycles. The highest BCUT2D eigenvalue weighted by molar-refractivity contribution is 5.82. The Bertz CT molecular complexity index is 829. The molecule has 0 saturated carbocycles. The molecular weight excluding hydrogens is 266 g/mol. The minimum atomic E-state index is -0.124. The summed E-state index contributed by atoms with van der Waals surface area (Å²) in [6.07, 6.45) is 0. The van der Waals surface area contributed by atoms with Crippen molar-refractivity contribution < 1.29 is 9.84 Å². The van der Waals surface area contributed by atoms with Gasteiger partial charge in [0.25, 0.3) is 0 Å². The number of aromatic nitrogens is 2. The van der Waals surface area contributed by atoms with Crippen LogP contribution in [-0.4, -0.2) is 14.7 Å². The first-order valence-corrected chi connectivity index (χ1v) is 6.46. The first kappa shape index (κ1) is 13.2. The fourth-order valence-corrected chi connectivity index (χ4v) is 2.19. The lowest BCUT2D eigenvalue weighted by Crippen LogP contribution is -1.96. The highest BCUT2D eigenvalue weighted by Crippen LogP contribution is 2.29. The van der Waals surface area contributed by atoms with Gasteiger partial charge in [0.05, 0.1) is 17.1 Å². The maximum atomic E-state index is 9.30. The number of imidazole rings is 1. The molecule has 0 aliphatic rings. The van der Waals surface area contributed by atoms with Crippen molar-refractivity contribution in [3.63, 3.8) is 0 Å². The number of nitrogens with zero attached hydrogens (tertiary/aromatic N) is 3. The van der Waals surface area contributed by atoms with Gasteiger partial charge in [0.15, 0.2) is 5.75 Å². The topological polar surface area (TPSA) is 71.1 Å². The number of rotatable bonds is 3. The molecule has 0 spiro atoms. The SMILES string of the molecule is Cn1c(CO)nc2c(Oc3ccc(C#N)cc3)cccc21. The van der Waals surface area contributed by atoms with E-state index in [1.165, 1.54) is 0 Å². The predicted octanol–water partition coefficient (Wildman–Crippen LogP) is 2.73. The number of nitriles is 1. The van der Waals surface area contributed by atoms with Crippen LogP contribution >= 0.6 is 0 Å². The molecule has 0 atom stereocenters. The van der Waals surface area contributed by atoms with Gasteiger partial charge < -0.3 is 14.4 Å². The van der Waals surface area contributed by atoms with Gasteiger partial charge in [-0.15, -0.1) is 0 Å². The zero-order valence-corrected chi connectivity index (χ0v) is 11.4. The highest BCUT2D eigenvalue weighted by Gasteiger charge is 2.11. The van der Waals surface area contributed by atoms with E-state index in [0.717, 1.165) is 5.52 Å². The van der Waals surface area contributed by atoms with E-state index in [1.54, 1.807) is 24.3 Å². The van der Waals surface area contributed by atoms with Crippen molar-refractivity contribution in [1.29, 1.82) is 5.26 Å². The summed E-state index contributed by atoms with van der Waals surface area (Å²) in [6, 6.07) is 14.6. The van der Waals surface area contributed by atoms with Crippen LogP contribution in [0.5, 0.6) is 11.5 Å². The monoisotopic (exact) mass is 279 g/mol. The van der Waals surface area contributed by atoms with Crippen molar-refractivity contribution in [3.8, 4) is 17.6 Å². The number of hydrogen-bond acceptors (Lipinski definition) is 4. The molecule has 1 heterocycles. The summed E-state index contributed by atoms with van der Waals surface area (Å²) in [5.74, 6) is 1.84. The van der Waals surface area contributed by atoms with Gasteiger partial charge in [-0.2, -0.15) is 5.26 Å². The quantitative estimate of drug-likeness (QED) is 0.800. The van der Waals surface area contributed by atoms with Crippen LogP contribution < -0.4 is 4.74 Å². The molecule has 5 heteroatoms. The maximum Gasteiger partial charge on any atom is 0.155 e. The molecule has 0 fully saturated rings. The zero-order valence-electron chi connectivity index (χ0n) is 11.4. The van der Waals surface area contributed by atoms with Gasteiger partial charge in [0, 0.05) is 7.05 Å². The number of aliphatic hydroxyl groups excluding tert-OH is 1. The largest absolute Gasteiger partial charge is 0.455 e. The van der Waals surface area contributed by atoms with Crippen LogP contribution in [0.2, 0.25) is 0 Å². The van der Waals surface area contributed by atoms with Crippen molar-refractivity contribution in [2.24, 2.45) is 7.05 Å². The van der Waals surface area contributed by atoms with E-state index in [-0.39, 0.29) is 6.61 Å². The van der Waals surface area contributed by atoms with Crippen LogP contribution in [0.4, 0.5) is 0 Å². The molecule has 2 aromatic carbocycles. The molecule has 5 nitrogen and oxygen atoms in total. The van der Waals surface area contributed by atoms with E-state index in [1.807, 2.05) is 29.8 Å². The molecule has 104 valence electrons. The number of aryl methyl sites for hydroxylation is 1. The summed E-state index contributed by atoms with van der Waals surface area (Å²) >= 11 is 0. The standard InChI is InChI=1S/C16H13N3O2/c1-19-13-3-2-4-14(16(13)18-15(19)10-20)21-12-7-5-11(9-17)6-8-12/h2-8,20H,10H2,1H3. The summed E-state index contributed by atoms with van der Waals surface area (Å²) in [4.78, 5) is 4.40. The number of benzene rings is 2. The Morgan fingerprint density at radius 1 is 1.24 bits per heavy atom. The van der Waals surface area contributed by atoms with E-state index >= 15 is 0 Å². The molecule has 3 rings (SSSR count). The van der Waals surface area contributed by atoms with Crippen molar-refractivity contribution in [3.05, 3.63) is 53.9 Å². The number of aliphatic hydroxyl groups is 1. The second-order valence-electron chi connectivity index (χ2n) is 4.61. The number of hydrogen-bond donors (Lipinski definition) is 1. The van der Waals surface area contributed by atoms with Crippen molar-refractivity contribution >= 4 is 11.0 Å². The average Bonchev–Trinajstić information content (AvgIpc) is 2.86. The van der Waals surface area contributed by atoms with Crippen molar-refractivity contribution in [1.82, 2.24) is 9.55 Å². The molecule has 3 aromatic rings. The minimum Gasteiger partial charge on any atom is -0.455 e. The Balaban J connectivity index is 2.02. The number of ether oxygens (including phenoxy) is 1. The normalized spacial score (nSPS) is 10.5. The summed E-state index contributed by atoms with van der Waals surface area (Å²) in [7, 11) is 1.85. The summed E-state index contributed by atoms with van der Waals surface area (Å²) < 4.78 is 7.67. The van der Waals surface area contributed by atoms with Gasteiger partial charge in [-0.1, -0.05) is 6.07 Å². The van der Waals surface area contributed by atoms with Crippen molar-refractivity contribution in [2.75, 3.05) is 0 Å². The Morgan fingerprint density at radius 3 is 2.67 bits per heavy atom. The second-order valence-corrected chi connectivity index (χ2v) is 4.61. The molecule has 0 unspecified atom stereocenters. The lowest BCUT2D eigenvalue weighted by molar-refractivity contribution is 0.268. The fraction of sp³-hybridized carbons (Fsp3) is 0.125. The summed E-state index contributed by atoms with van der Waals surface area (Å²) in [5, 5.41) is 18.1. The Hall–Kier alpha value is -2.84. The van der Waals surface area contributed by atoms with Crippen LogP contribution in [0.3, 0.4) is 0 Å². The average molecular weight is 279 g/mol. The molecular formula is C16H13N3O2. The van der Waals surface area contributed by atoms with Crippen LogP contribution in [0.25, 0.3) is 11.0 Å². The van der Waals surface area contributed by atoms with Gasteiger partial charge in [-0.25, -0.2) is 4.98 Å². The third kappa shape index (κ3) is 2.33. The van der Waals surface area contributed by atoms with Gasteiger partial charge in [-0.3, -0.25) is 0 Å². The van der Waals surface area contributed by atoms with E-state index in [2.05, 4.69) is 11.1 Å². The van der Waals surface area contributed by atoms with Crippen LogP contribution in [0.1, 0.15) is 11.4 Å². The minimum absolute atomic E-state index is 0.124. The first-order valence-electron chi connectivity index (χ1n) is 6.46. The Labute approximate surface area is 121 Å². The molecule has 0 bridgehead atoms. The Kier molecular flexibility index (Phi) is 3.30. The van der Waals surface area contributed by atoms with E-state index in [0.29, 0.717) is 28.4 Å². The Morgan fingerprint density at radius 2 is 2.00 bits per heavy atom. The lowest BCUT2D eigenvalue weighted by Gasteiger charge is -2.06. The molecule has 21 heavy (non-hydrogen) atoms. The smallest absolute Gasteiger partial charge is 0.155 e. The molecule has 0 saturated heterocycles. The molecule has 1 aromatic heterocycles. The first-order chi connectivity index (χ1) is 10.2.